The molecule has 1 fully saturated rings. The van der Waals surface area contributed by atoms with Crippen LogP contribution in [0, 0.1) is 0 Å². The van der Waals surface area contributed by atoms with Crippen molar-refractivity contribution in [3.63, 3.8) is 0 Å². The number of nitrogens with two attached hydrogens (primary N) is 1. The second kappa shape index (κ2) is 7.91. The molecule has 0 radical (unpaired) electrons. The first-order chi connectivity index (χ1) is 16.1. The van der Waals surface area contributed by atoms with Crippen LogP contribution in [0.1, 0.15) is 81.4 Å². The van der Waals surface area contributed by atoms with Gasteiger partial charge in [0.05, 0.1) is 16.6 Å². The molecule has 0 amide bonds. The highest BCUT2D eigenvalue weighted by Crippen LogP contribution is 2.42. The number of carbonyl (C=O) groups excluding carboxylic acids is 1. The summed E-state index contributed by atoms with van der Waals surface area (Å²) in [6.07, 6.45) is 6.17. The second-order valence-electron chi connectivity index (χ2n) is 10.1. The third kappa shape index (κ3) is 3.96. The van der Waals surface area contributed by atoms with Crippen LogP contribution in [0.4, 0.5) is 11.6 Å². The maximum atomic E-state index is 12.2. The molecule has 0 aromatic carbocycles. The summed E-state index contributed by atoms with van der Waals surface area (Å²) in [5.41, 5.74) is 8.10. The Morgan fingerprint density at radius 1 is 1.21 bits per heavy atom. The number of esters is 1. The molecule has 4 heterocycles. The van der Waals surface area contributed by atoms with Crippen molar-refractivity contribution in [1.82, 2.24) is 15.0 Å². The predicted octanol–water partition coefficient (Wildman–Crippen LogP) is 4.95. The molecule has 0 spiro atoms. The third-order valence-corrected chi connectivity index (χ3v) is 7.21. The number of cyclic esters (lactones) is 1. The van der Waals surface area contributed by atoms with Gasteiger partial charge in [-0.25, -0.2) is 19.7 Å². The number of nitrogens with zero attached hydrogens (tertiary/aromatic N) is 3. The normalized spacial score (nSPS) is 22.5. The molecule has 3 N–H and O–H groups in total. The third-order valence-electron chi connectivity index (χ3n) is 7.21. The van der Waals surface area contributed by atoms with Gasteiger partial charge in [0.1, 0.15) is 23.3 Å². The van der Waals surface area contributed by atoms with Crippen LogP contribution in [0.15, 0.2) is 30.6 Å². The largest absolute Gasteiger partial charge is 0.471 e. The van der Waals surface area contributed by atoms with Crippen LogP contribution < -0.4 is 15.8 Å². The molecule has 34 heavy (non-hydrogen) atoms. The average molecular weight is 462 g/mol. The Kier molecular flexibility index (Phi) is 5.24. The van der Waals surface area contributed by atoms with E-state index in [1.807, 2.05) is 33.0 Å². The standard InChI is InChI=1S/C26H31N5O3/c1-6-26(5,27)19-13-29-23(34-25(4)9-10-25)18-12-28-21(11-17(18)19)30-20-8-7-16-22(31-20)14(2)15(3)33-24(16)32/h7-8,11-15H,6,9-10,27H2,1-5H3,(H,28,30,31)/t14-,15+,26-/m1/s1. The molecule has 3 atom stereocenters. The SMILES string of the molecule is CC[C@@](C)(N)c1cnc(OC2(C)CC2)c2cnc(Nc3ccc4c(n3)[C@H](C)[C@H](C)OC4=O)cc12. The Bertz CT molecular complexity index is 1280. The van der Waals surface area contributed by atoms with Gasteiger partial charge in [-0.05, 0) is 69.2 Å². The van der Waals surface area contributed by atoms with E-state index in [1.54, 1.807) is 18.3 Å². The molecule has 1 saturated carbocycles. The first-order valence-electron chi connectivity index (χ1n) is 11.9. The maximum Gasteiger partial charge on any atom is 0.340 e. The van der Waals surface area contributed by atoms with Gasteiger partial charge in [0.25, 0.3) is 0 Å². The Labute approximate surface area is 199 Å². The predicted molar refractivity (Wildman–Crippen MR) is 130 cm³/mol. The summed E-state index contributed by atoms with van der Waals surface area (Å²) >= 11 is 0. The molecular weight excluding hydrogens is 430 g/mol. The summed E-state index contributed by atoms with van der Waals surface area (Å²) < 4.78 is 11.6. The number of anilines is 2. The van der Waals surface area contributed by atoms with E-state index in [4.69, 9.17) is 20.2 Å². The van der Waals surface area contributed by atoms with E-state index in [1.165, 1.54) is 0 Å². The molecular formula is C26H31N5O3. The van der Waals surface area contributed by atoms with Crippen molar-refractivity contribution in [2.24, 2.45) is 5.73 Å². The fourth-order valence-corrected chi connectivity index (χ4v) is 4.17. The lowest BCUT2D eigenvalue weighted by molar-refractivity contribution is 0.0235. The zero-order valence-corrected chi connectivity index (χ0v) is 20.3. The van der Waals surface area contributed by atoms with E-state index in [0.29, 0.717) is 23.1 Å². The van der Waals surface area contributed by atoms with Crippen LogP contribution in [-0.2, 0) is 10.3 Å². The number of fused-ring (bicyclic) bond motifs is 2. The van der Waals surface area contributed by atoms with Gasteiger partial charge < -0.3 is 20.5 Å². The summed E-state index contributed by atoms with van der Waals surface area (Å²) in [7, 11) is 0. The molecule has 178 valence electrons. The topological polar surface area (TPSA) is 112 Å². The number of ether oxygens (including phenoxy) is 2. The molecule has 0 unspecified atom stereocenters. The van der Waals surface area contributed by atoms with Crippen LogP contribution in [0.5, 0.6) is 5.88 Å². The number of rotatable bonds is 6. The van der Waals surface area contributed by atoms with Gasteiger partial charge in [-0.1, -0.05) is 13.8 Å². The maximum absolute atomic E-state index is 12.2. The van der Waals surface area contributed by atoms with Gasteiger partial charge in [-0.3, -0.25) is 0 Å². The Morgan fingerprint density at radius 2 is 1.97 bits per heavy atom. The lowest BCUT2D eigenvalue weighted by Crippen LogP contribution is -2.32. The molecule has 5 rings (SSSR count). The molecule has 0 bridgehead atoms. The van der Waals surface area contributed by atoms with Crippen LogP contribution in [-0.4, -0.2) is 32.6 Å². The Hall–Kier alpha value is -3.26. The molecule has 3 aromatic heterocycles. The summed E-state index contributed by atoms with van der Waals surface area (Å²) in [4.78, 5) is 26.2. The zero-order valence-electron chi connectivity index (χ0n) is 20.3. The molecule has 2 aliphatic rings. The number of hydrogen-bond donors (Lipinski definition) is 2. The highest BCUT2D eigenvalue weighted by atomic mass is 16.5. The van der Waals surface area contributed by atoms with Crippen molar-refractivity contribution in [3.05, 3.63) is 47.4 Å². The summed E-state index contributed by atoms with van der Waals surface area (Å²) in [6, 6.07) is 5.49. The minimum Gasteiger partial charge on any atom is -0.471 e. The van der Waals surface area contributed by atoms with Crippen molar-refractivity contribution < 1.29 is 14.3 Å². The molecule has 8 nitrogen and oxygen atoms in total. The van der Waals surface area contributed by atoms with Crippen molar-refractivity contribution in [2.45, 2.75) is 77.0 Å². The first-order valence-corrected chi connectivity index (χ1v) is 11.9. The average Bonchev–Trinajstić information content (AvgIpc) is 3.54. The van der Waals surface area contributed by atoms with Crippen LogP contribution >= 0.6 is 0 Å². The number of hydrogen-bond acceptors (Lipinski definition) is 8. The number of carbonyl (C=O) groups is 1. The summed E-state index contributed by atoms with van der Waals surface area (Å²) in [5, 5.41) is 5.08. The Morgan fingerprint density at radius 3 is 2.68 bits per heavy atom. The molecule has 8 heteroatoms. The fourth-order valence-electron chi connectivity index (χ4n) is 4.17. The van der Waals surface area contributed by atoms with Gasteiger partial charge in [0.2, 0.25) is 5.88 Å². The van der Waals surface area contributed by atoms with Gasteiger partial charge in [0, 0.05) is 23.9 Å². The quantitative estimate of drug-likeness (QED) is 0.496. The number of nitrogens with one attached hydrogen (secondary N) is 1. The van der Waals surface area contributed by atoms with Crippen LogP contribution in [0.25, 0.3) is 10.8 Å². The summed E-state index contributed by atoms with van der Waals surface area (Å²) in [6.45, 7) is 10.1. The van der Waals surface area contributed by atoms with Crippen molar-refractivity contribution in [3.8, 4) is 5.88 Å². The minimum atomic E-state index is -0.554. The molecule has 1 aliphatic heterocycles. The highest BCUT2D eigenvalue weighted by molar-refractivity contribution is 5.93. The number of pyridine rings is 3. The van der Waals surface area contributed by atoms with E-state index in [-0.39, 0.29) is 23.6 Å². The first kappa shape index (κ1) is 22.5. The van der Waals surface area contributed by atoms with Gasteiger partial charge in [-0.2, -0.15) is 0 Å². The van der Waals surface area contributed by atoms with Gasteiger partial charge in [-0.15, -0.1) is 0 Å². The van der Waals surface area contributed by atoms with E-state index >= 15 is 0 Å². The molecule has 1 aliphatic carbocycles. The van der Waals surface area contributed by atoms with Crippen LogP contribution in [0.2, 0.25) is 0 Å². The monoisotopic (exact) mass is 461 g/mol. The summed E-state index contributed by atoms with van der Waals surface area (Å²) in [5.74, 6) is 1.49. The smallest absolute Gasteiger partial charge is 0.340 e. The Balaban J connectivity index is 1.55. The van der Waals surface area contributed by atoms with E-state index in [9.17, 15) is 4.79 Å². The van der Waals surface area contributed by atoms with E-state index in [0.717, 1.165) is 41.3 Å². The lowest BCUT2D eigenvalue weighted by Gasteiger charge is -2.27. The second-order valence-corrected chi connectivity index (χ2v) is 10.1. The fraction of sp³-hybridized carbons (Fsp3) is 0.462. The van der Waals surface area contributed by atoms with E-state index < -0.39 is 5.54 Å². The minimum absolute atomic E-state index is 0.00249. The zero-order chi connectivity index (χ0) is 24.3. The van der Waals surface area contributed by atoms with Crippen molar-refractivity contribution >= 4 is 28.4 Å². The van der Waals surface area contributed by atoms with E-state index in [2.05, 4.69) is 29.1 Å². The molecule has 3 aromatic rings. The number of aromatic nitrogens is 3. The van der Waals surface area contributed by atoms with Crippen molar-refractivity contribution in [1.29, 1.82) is 0 Å². The van der Waals surface area contributed by atoms with Crippen molar-refractivity contribution in [2.75, 3.05) is 5.32 Å². The lowest BCUT2D eigenvalue weighted by atomic mass is 9.88. The van der Waals surface area contributed by atoms with Gasteiger partial charge in [0.15, 0.2) is 0 Å². The van der Waals surface area contributed by atoms with Gasteiger partial charge >= 0.3 is 5.97 Å². The highest BCUT2D eigenvalue weighted by Gasteiger charge is 2.41. The van der Waals surface area contributed by atoms with Crippen LogP contribution in [0.3, 0.4) is 0 Å². The molecule has 0 saturated heterocycles.